The maximum atomic E-state index is 11.0. The molecule has 3 nitrogen and oxygen atoms in total. The topological polar surface area (TPSA) is 43.1 Å². The van der Waals surface area contributed by atoms with Crippen molar-refractivity contribution in [1.82, 2.24) is 0 Å². The molecule has 6 heteroatoms. The van der Waals surface area contributed by atoms with E-state index < -0.39 is 0 Å². The van der Waals surface area contributed by atoms with Crippen LogP contribution in [0, 0.1) is 16.0 Å². The fourth-order valence-corrected chi connectivity index (χ4v) is 4.66. The molecule has 0 N–H and O–H groups in total. The Bertz CT molecular complexity index is 443. The van der Waals surface area contributed by atoms with Crippen molar-refractivity contribution in [2.75, 3.05) is 11.5 Å². The highest BCUT2D eigenvalue weighted by molar-refractivity contribution is 9.09. The number of nitro benzene ring substituents is 1. The Morgan fingerprint density at radius 3 is 2.88 bits per heavy atom. The van der Waals surface area contributed by atoms with Gasteiger partial charge in [-0.2, -0.15) is 11.8 Å². The lowest BCUT2D eigenvalue weighted by molar-refractivity contribution is -0.385. The summed E-state index contributed by atoms with van der Waals surface area (Å²) in [6, 6.07) is 4.86. The first kappa shape index (κ1) is 13.2. The Morgan fingerprint density at radius 1 is 1.53 bits per heavy atom. The Labute approximate surface area is 117 Å². The molecule has 1 heterocycles. The Hall–Kier alpha value is -0.260. The number of alkyl halides is 1. The minimum atomic E-state index is -0.355. The maximum absolute atomic E-state index is 11.0. The zero-order chi connectivity index (χ0) is 12.4. The molecule has 0 aliphatic carbocycles. The highest BCUT2D eigenvalue weighted by atomic mass is 79.9. The average molecular weight is 337 g/mol. The van der Waals surface area contributed by atoms with Crippen molar-refractivity contribution >= 4 is 45.0 Å². The van der Waals surface area contributed by atoms with Crippen LogP contribution in [0.5, 0.6) is 0 Å². The number of halogens is 2. The van der Waals surface area contributed by atoms with Gasteiger partial charge in [-0.05, 0) is 24.2 Å². The molecule has 0 amide bonds. The highest BCUT2D eigenvalue weighted by Gasteiger charge is 2.29. The first-order chi connectivity index (χ1) is 8.09. The van der Waals surface area contributed by atoms with Crippen molar-refractivity contribution in [2.24, 2.45) is 5.92 Å². The number of hydrogen-bond donors (Lipinski definition) is 0. The third-order valence-corrected chi connectivity index (χ3v) is 5.99. The Morgan fingerprint density at radius 2 is 2.29 bits per heavy atom. The van der Waals surface area contributed by atoms with Gasteiger partial charge in [0, 0.05) is 22.2 Å². The molecule has 1 aliphatic rings. The van der Waals surface area contributed by atoms with Crippen LogP contribution in [0.15, 0.2) is 18.2 Å². The van der Waals surface area contributed by atoms with Crippen LogP contribution in [-0.2, 0) is 6.42 Å². The van der Waals surface area contributed by atoms with Crippen molar-refractivity contribution in [2.45, 2.75) is 11.2 Å². The van der Waals surface area contributed by atoms with Crippen molar-refractivity contribution in [3.05, 3.63) is 38.9 Å². The van der Waals surface area contributed by atoms with E-state index in [1.165, 1.54) is 6.07 Å². The van der Waals surface area contributed by atoms with Crippen LogP contribution >= 0.6 is 39.3 Å². The van der Waals surface area contributed by atoms with Crippen LogP contribution in [0.25, 0.3) is 0 Å². The molecule has 0 spiro atoms. The Balaban J connectivity index is 2.27. The van der Waals surface area contributed by atoms with Gasteiger partial charge >= 0.3 is 0 Å². The van der Waals surface area contributed by atoms with Gasteiger partial charge < -0.3 is 0 Å². The van der Waals surface area contributed by atoms with Crippen LogP contribution in [0.4, 0.5) is 5.69 Å². The smallest absolute Gasteiger partial charge is 0.258 e. The number of nitrogens with zero attached hydrogens (tertiary/aromatic N) is 1. The normalized spacial score (nSPS) is 23.9. The van der Waals surface area contributed by atoms with E-state index in [9.17, 15) is 10.1 Å². The van der Waals surface area contributed by atoms with Gasteiger partial charge in [0.15, 0.2) is 0 Å². The summed E-state index contributed by atoms with van der Waals surface area (Å²) in [6.45, 7) is 0. The molecule has 17 heavy (non-hydrogen) atoms. The summed E-state index contributed by atoms with van der Waals surface area (Å²) < 4.78 is 0. The van der Waals surface area contributed by atoms with E-state index in [1.807, 2.05) is 11.8 Å². The van der Waals surface area contributed by atoms with E-state index in [0.717, 1.165) is 11.5 Å². The molecule has 0 saturated carbocycles. The molecule has 1 fully saturated rings. The van der Waals surface area contributed by atoms with Crippen molar-refractivity contribution in [3.63, 3.8) is 0 Å². The molecule has 0 radical (unpaired) electrons. The van der Waals surface area contributed by atoms with Gasteiger partial charge in [-0.25, -0.2) is 0 Å². The lowest BCUT2D eigenvalue weighted by Crippen LogP contribution is -2.15. The van der Waals surface area contributed by atoms with E-state index >= 15 is 0 Å². The van der Waals surface area contributed by atoms with Crippen LogP contribution in [0.1, 0.15) is 5.56 Å². The molecule has 2 rings (SSSR count). The van der Waals surface area contributed by atoms with Gasteiger partial charge in [-0.1, -0.05) is 33.6 Å². The Kier molecular flexibility index (Phi) is 4.33. The van der Waals surface area contributed by atoms with Crippen LogP contribution in [0.2, 0.25) is 5.02 Å². The third kappa shape index (κ3) is 2.95. The predicted molar refractivity (Wildman–Crippen MR) is 75.3 cm³/mol. The SMILES string of the molecule is O=[N+]([O-])c1cccc(Cl)c1CC1CSCC1Br. The van der Waals surface area contributed by atoms with Crippen molar-refractivity contribution in [3.8, 4) is 0 Å². The predicted octanol–water partition coefficient (Wildman–Crippen LogP) is 3.92. The third-order valence-electron chi connectivity index (χ3n) is 2.88. The van der Waals surface area contributed by atoms with Crippen molar-refractivity contribution in [1.29, 1.82) is 0 Å². The average Bonchev–Trinajstić information content (AvgIpc) is 2.67. The number of hydrogen-bond acceptors (Lipinski definition) is 3. The standard InChI is InChI=1S/C11H11BrClNO2S/c12-9-6-17-5-7(9)4-8-10(13)2-1-3-11(8)14(15)16/h1-3,7,9H,4-6H2. The summed E-state index contributed by atoms with van der Waals surface area (Å²) >= 11 is 11.6. The van der Waals surface area contributed by atoms with Gasteiger partial charge in [-0.3, -0.25) is 10.1 Å². The molecule has 1 aliphatic heterocycles. The molecule has 1 aromatic rings. The lowest BCUT2D eigenvalue weighted by Gasteiger charge is -2.13. The van der Waals surface area contributed by atoms with E-state index in [4.69, 9.17) is 11.6 Å². The summed E-state index contributed by atoms with van der Waals surface area (Å²) in [5.74, 6) is 2.50. The summed E-state index contributed by atoms with van der Waals surface area (Å²) in [6.07, 6.45) is 0.666. The fourth-order valence-electron chi connectivity index (χ4n) is 1.94. The van der Waals surface area contributed by atoms with Crippen LogP contribution in [0.3, 0.4) is 0 Å². The van der Waals surface area contributed by atoms with E-state index in [-0.39, 0.29) is 10.6 Å². The highest BCUT2D eigenvalue weighted by Crippen LogP contribution is 2.36. The van der Waals surface area contributed by atoms with Crippen LogP contribution < -0.4 is 0 Å². The largest absolute Gasteiger partial charge is 0.274 e. The van der Waals surface area contributed by atoms with Crippen molar-refractivity contribution < 1.29 is 4.92 Å². The molecule has 0 aromatic heterocycles. The number of benzene rings is 1. The van der Waals surface area contributed by atoms with E-state index in [2.05, 4.69) is 15.9 Å². The zero-order valence-electron chi connectivity index (χ0n) is 8.94. The van der Waals surface area contributed by atoms with E-state index in [0.29, 0.717) is 27.8 Å². The van der Waals surface area contributed by atoms with Gasteiger partial charge in [0.1, 0.15) is 0 Å². The summed E-state index contributed by atoms with van der Waals surface area (Å²) in [7, 11) is 0. The molecule has 2 atom stereocenters. The molecule has 2 unspecified atom stereocenters. The fraction of sp³-hybridized carbons (Fsp3) is 0.455. The molecule has 1 aromatic carbocycles. The molecule has 1 saturated heterocycles. The first-order valence-electron chi connectivity index (χ1n) is 5.23. The first-order valence-corrected chi connectivity index (χ1v) is 7.68. The van der Waals surface area contributed by atoms with Gasteiger partial charge in [-0.15, -0.1) is 0 Å². The van der Waals surface area contributed by atoms with E-state index in [1.54, 1.807) is 12.1 Å². The van der Waals surface area contributed by atoms with Crippen LogP contribution in [-0.4, -0.2) is 21.3 Å². The zero-order valence-corrected chi connectivity index (χ0v) is 12.1. The van der Waals surface area contributed by atoms with Gasteiger partial charge in [0.2, 0.25) is 0 Å². The number of nitro groups is 1. The summed E-state index contributed by atoms with van der Waals surface area (Å²) in [5, 5.41) is 11.5. The molecular weight excluding hydrogens is 326 g/mol. The second-order valence-electron chi connectivity index (χ2n) is 4.01. The monoisotopic (exact) mass is 335 g/mol. The summed E-state index contributed by atoms with van der Waals surface area (Å²) in [5.41, 5.74) is 0.796. The quantitative estimate of drug-likeness (QED) is 0.477. The molecular formula is C11H11BrClNO2S. The molecule has 0 bridgehead atoms. The minimum absolute atomic E-state index is 0.133. The minimum Gasteiger partial charge on any atom is -0.258 e. The van der Waals surface area contributed by atoms with Gasteiger partial charge in [0.25, 0.3) is 5.69 Å². The lowest BCUT2D eigenvalue weighted by atomic mass is 9.97. The number of thioether (sulfide) groups is 1. The second kappa shape index (κ2) is 5.59. The number of rotatable bonds is 3. The second-order valence-corrected chi connectivity index (χ2v) is 6.67. The molecule has 92 valence electrons. The summed E-state index contributed by atoms with van der Waals surface area (Å²) in [4.78, 5) is 11.0. The maximum Gasteiger partial charge on any atom is 0.274 e. The van der Waals surface area contributed by atoms with Gasteiger partial charge in [0.05, 0.1) is 9.95 Å².